The highest BCUT2D eigenvalue weighted by atomic mass is 16.4. The molecule has 1 aliphatic heterocycles. The number of nitrogens with zero attached hydrogens (tertiary/aromatic N) is 3. The van der Waals surface area contributed by atoms with Crippen molar-refractivity contribution >= 4 is 23.0 Å². The summed E-state index contributed by atoms with van der Waals surface area (Å²) in [4.78, 5) is 20.2. The van der Waals surface area contributed by atoms with E-state index < -0.39 is 0 Å². The third-order valence-corrected chi connectivity index (χ3v) is 3.51. The molecule has 0 atom stereocenters. The van der Waals surface area contributed by atoms with Crippen molar-refractivity contribution in [3.05, 3.63) is 24.3 Å². The Morgan fingerprint density at radius 1 is 1.30 bits per heavy atom. The van der Waals surface area contributed by atoms with E-state index in [1.165, 1.54) is 0 Å². The number of nitrogens with one attached hydrogen (secondary N) is 1. The number of benzene rings is 1. The molecule has 106 valence electrons. The van der Waals surface area contributed by atoms with Crippen LogP contribution in [0.5, 0.6) is 0 Å². The van der Waals surface area contributed by atoms with Crippen LogP contribution in [0.4, 0.5) is 6.01 Å². The van der Waals surface area contributed by atoms with Crippen molar-refractivity contribution in [3.63, 3.8) is 0 Å². The van der Waals surface area contributed by atoms with Crippen molar-refractivity contribution in [1.29, 1.82) is 0 Å². The fourth-order valence-electron chi connectivity index (χ4n) is 2.41. The van der Waals surface area contributed by atoms with E-state index in [-0.39, 0.29) is 5.91 Å². The van der Waals surface area contributed by atoms with Gasteiger partial charge in [0.05, 0.1) is 6.54 Å². The summed E-state index contributed by atoms with van der Waals surface area (Å²) >= 11 is 0. The highest BCUT2D eigenvalue weighted by Gasteiger charge is 2.23. The summed E-state index contributed by atoms with van der Waals surface area (Å²) in [5.41, 5.74) is 1.67. The van der Waals surface area contributed by atoms with E-state index in [2.05, 4.69) is 15.2 Å². The molecule has 1 amide bonds. The van der Waals surface area contributed by atoms with Crippen molar-refractivity contribution in [1.82, 2.24) is 15.2 Å². The molecule has 0 unspecified atom stereocenters. The van der Waals surface area contributed by atoms with Gasteiger partial charge in [-0.3, -0.25) is 4.79 Å². The lowest BCUT2D eigenvalue weighted by molar-refractivity contribution is -0.130. The monoisotopic (exact) mass is 274 g/mol. The molecule has 0 bridgehead atoms. The fourth-order valence-corrected chi connectivity index (χ4v) is 2.41. The number of anilines is 1. The zero-order valence-electron chi connectivity index (χ0n) is 11.5. The number of para-hydroxylation sites is 2. The Labute approximate surface area is 117 Å². The fraction of sp³-hybridized carbons (Fsp3) is 0.429. The summed E-state index contributed by atoms with van der Waals surface area (Å²) in [5, 5.41) is 2.89. The maximum absolute atomic E-state index is 11.8. The van der Waals surface area contributed by atoms with Crippen LogP contribution < -0.4 is 10.2 Å². The van der Waals surface area contributed by atoms with Crippen LogP contribution in [-0.2, 0) is 4.79 Å². The Morgan fingerprint density at radius 3 is 2.75 bits per heavy atom. The summed E-state index contributed by atoms with van der Waals surface area (Å²) in [6.45, 7) is 3.31. The molecule has 1 aliphatic rings. The number of aromatic nitrogens is 1. The Morgan fingerprint density at radius 2 is 2.05 bits per heavy atom. The molecule has 1 aromatic heterocycles. The largest absolute Gasteiger partial charge is 0.423 e. The van der Waals surface area contributed by atoms with Gasteiger partial charge in [-0.25, -0.2) is 0 Å². The van der Waals surface area contributed by atoms with E-state index >= 15 is 0 Å². The maximum atomic E-state index is 11.8. The zero-order valence-corrected chi connectivity index (χ0v) is 11.5. The number of carbonyl (C=O) groups excluding carboxylic acids is 1. The molecular weight excluding hydrogens is 256 g/mol. The standard InChI is InChI=1S/C14H18N4O2/c1-15-10-13(19)17-6-8-18(9-7-17)14-16-11-4-2-3-5-12(11)20-14/h2-5,15H,6-10H2,1H3. The van der Waals surface area contributed by atoms with Crippen molar-refractivity contribution in [2.75, 3.05) is 44.7 Å². The number of piperazine rings is 1. The third-order valence-electron chi connectivity index (χ3n) is 3.51. The predicted molar refractivity (Wildman–Crippen MR) is 76.7 cm³/mol. The van der Waals surface area contributed by atoms with Gasteiger partial charge in [-0.1, -0.05) is 12.1 Å². The van der Waals surface area contributed by atoms with Crippen molar-refractivity contribution < 1.29 is 9.21 Å². The molecule has 0 aliphatic carbocycles. The van der Waals surface area contributed by atoms with Gasteiger partial charge in [0.25, 0.3) is 6.01 Å². The van der Waals surface area contributed by atoms with E-state index in [1.807, 2.05) is 29.2 Å². The van der Waals surface area contributed by atoms with Crippen molar-refractivity contribution in [3.8, 4) is 0 Å². The first-order chi connectivity index (χ1) is 9.78. The molecule has 20 heavy (non-hydrogen) atoms. The summed E-state index contributed by atoms with van der Waals surface area (Å²) in [6, 6.07) is 8.38. The molecule has 1 fully saturated rings. The van der Waals surface area contributed by atoms with Gasteiger partial charge < -0.3 is 19.5 Å². The van der Waals surface area contributed by atoms with Crippen LogP contribution in [0.25, 0.3) is 11.1 Å². The smallest absolute Gasteiger partial charge is 0.298 e. The molecule has 0 radical (unpaired) electrons. The first-order valence-corrected chi connectivity index (χ1v) is 6.81. The van der Waals surface area contributed by atoms with E-state index in [4.69, 9.17) is 4.42 Å². The molecule has 1 aromatic carbocycles. The van der Waals surface area contributed by atoms with E-state index in [0.717, 1.165) is 24.2 Å². The number of amides is 1. The molecule has 6 heteroatoms. The molecule has 6 nitrogen and oxygen atoms in total. The second kappa shape index (κ2) is 5.50. The number of fused-ring (bicyclic) bond motifs is 1. The first-order valence-electron chi connectivity index (χ1n) is 6.81. The van der Waals surface area contributed by atoms with Gasteiger partial charge in [-0.2, -0.15) is 4.98 Å². The van der Waals surface area contributed by atoms with Crippen LogP contribution in [0, 0.1) is 0 Å². The molecule has 3 rings (SSSR count). The number of rotatable bonds is 3. The molecule has 1 saturated heterocycles. The second-order valence-corrected chi connectivity index (χ2v) is 4.86. The van der Waals surface area contributed by atoms with Gasteiger partial charge in [0, 0.05) is 26.2 Å². The molecule has 0 spiro atoms. The highest BCUT2D eigenvalue weighted by Crippen LogP contribution is 2.22. The van der Waals surface area contributed by atoms with Gasteiger partial charge in [-0.15, -0.1) is 0 Å². The second-order valence-electron chi connectivity index (χ2n) is 4.86. The number of carbonyl (C=O) groups is 1. The number of hydrogen-bond acceptors (Lipinski definition) is 5. The Kier molecular flexibility index (Phi) is 3.56. The molecule has 2 heterocycles. The van der Waals surface area contributed by atoms with E-state index in [1.54, 1.807) is 7.05 Å². The van der Waals surface area contributed by atoms with Crippen LogP contribution in [0.2, 0.25) is 0 Å². The number of oxazole rings is 1. The normalized spacial score (nSPS) is 15.8. The quantitative estimate of drug-likeness (QED) is 0.892. The molecular formula is C14H18N4O2. The lowest BCUT2D eigenvalue weighted by Crippen LogP contribution is -2.50. The van der Waals surface area contributed by atoms with Crippen molar-refractivity contribution in [2.45, 2.75) is 0 Å². The highest BCUT2D eigenvalue weighted by molar-refractivity contribution is 5.78. The minimum atomic E-state index is 0.143. The van der Waals surface area contributed by atoms with Crippen LogP contribution in [0.1, 0.15) is 0 Å². The minimum Gasteiger partial charge on any atom is -0.423 e. The Balaban J connectivity index is 1.67. The van der Waals surface area contributed by atoms with E-state index in [9.17, 15) is 4.79 Å². The maximum Gasteiger partial charge on any atom is 0.298 e. The predicted octanol–water partition coefficient (Wildman–Crippen LogP) is 0.696. The lowest BCUT2D eigenvalue weighted by atomic mass is 10.3. The average molecular weight is 274 g/mol. The van der Waals surface area contributed by atoms with Crippen molar-refractivity contribution in [2.24, 2.45) is 0 Å². The zero-order chi connectivity index (χ0) is 13.9. The third kappa shape index (κ3) is 2.46. The Bertz CT molecular complexity index is 569. The lowest BCUT2D eigenvalue weighted by Gasteiger charge is -2.33. The van der Waals surface area contributed by atoms with Crippen LogP contribution in [-0.4, -0.2) is 55.6 Å². The summed E-state index contributed by atoms with van der Waals surface area (Å²) in [5.74, 6) is 0.143. The molecule has 1 N–H and O–H groups in total. The van der Waals surface area contributed by atoms with Gasteiger partial charge >= 0.3 is 0 Å². The molecule has 2 aromatic rings. The first kappa shape index (κ1) is 12.9. The minimum absolute atomic E-state index is 0.143. The number of hydrogen-bond donors (Lipinski definition) is 1. The Hall–Kier alpha value is -2.08. The van der Waals surface area contributed by atoms with Crippen LogP contribution in [0.15, 0.2) is 28.7 Å². The number of likely N-dealkylation sites (N-methyl/N-ethyl adjacent to an activating group) is 1. The van der Waals surface area contributed by atoms with Gasteiger partial charge in [-0.05, 0) is 19.2 Å². The van der Waals surface area contributed by atoms with Gasteiger partial charge in [0.1, 0.15) is 5.52 Å². The van der Waals surface area contributed by atoms with Crippen LogP contribution >= 0.6 is 0 Å². The topological polar surface area (TPSA) is 61.6 Å². The van der Waals surface area contributed by atoms with Gasteiger partial charge in [0.15, 0.2) is 5.58 Å². The summed E-state index contributed by atoms with van der Waals surface area (Å²) in [7, 11) is 1.78. The summed E-state index contributed by atoms with van der Waals surface area (Å²) in [6.07, 6.45) is 0. The van der Waals surface area contributed by atoms with E-state index in [0.29, 0.717) is 25.6 Å². The van der Waals surface area contributed by atoms with Gasteiger partial charge in [0.2, 0.25) is 5.91 Å². The SMILES string of the molecule is CNCC(=O)N1CCN(c2nc3ccccc3o2)CC1. The molecule has 0 saturated carbocycles. The average Bonchev–Trinajstić information content (AvgIpc) is 2.91. The van der Waals surface area contributed by atoms with Crippen LogP contribution in [0.3, 0.4) is 0 Å². The summed E-state index contributed by atoms with van der Waals surface area (Å²) < 4.78 is 5.75.